The van der Waals surface area contributed by atoms with Gasteiger partial charge in [0.05, 0.1) is 6.10 Å². The summed E-state index contributed by atoms with van der Waals surface area (Å²) in [6.07, 6.45) is 0.368. The van der Waals surface area contributed by atoms with Gasteiger partial charge in [0.15, 0.2) is 0 Å². The lowest BCUT2D eigenvalue weighted by Gasteiger charge is -2.34. The van der Waals surface area contributed by atoms with Gasteiger partial charge in [0.2, 0.25) is 0 Å². The standard InChI is InChI=1S/C13H18N2O2/c1-9-8-15(7-6-12(9)16)13(17)10-2-4-11(14)5-3-10/h2-5,9,12,16H,6-8,14H2,1H3. The average Bonchev–Trinajstić information content (AvgIpc) is 2.33. The zero-order valence-corrected chi connectivity index (χ0v) is 9.97. The molecule has 1 fully saturated rings. The van der Waals surface area contributed by atoms with Crippen LogP contribution < -0.4 is 5.73 Å². The van der Waals surface area contributed by atoms with Crippen LogP contribution in [0.15, 0.2) is 24.3 Å². The number of carbonyl (C=O) groups is 1. The molecule has 0 spiro atoms. The van der Waals surface area contributed by atoms with Crippen LogP contribution in [0.3, 0.4) is 0 Å². The molecule has 4 heteroatoms. The fraction of sp³-hybridized carbons (Fsp3) is 0.462. The normalized spacial score (nSPS) is 24.7. The quantitative estimate of drug-likeness (QED) is 0.715. The SMILES string of the molecule is CC1CN(C(=O)c2ccc(N)cc2)CCC1O. The largest absolute Gasteiger partial charge is 0.399 e. The number of likely N-dealkylation sites (tertiary alicyclic amines) is 1. The second-order valence-corrected chi connectivity index (χ2v) is 4.71. The minimum Gasteiger partial charge on any atom is -0.399 e. The number of aliphatic hydroxyl groups is 1. The van der Waals surface area contributed by atoms with Gasteiger partial charge in [0, 0.05) is 24.3 Å². The third-order valence-electron chi connectivity index (χ3n) is 3.30. The lowest BCUT2D eigenvalue weighted by atomic mass is 9.96. The summed E-state index contributed by atoms with van der Waals surface area (Å²) < 4.78 is 0. The van der Waals surface area contributed by atoms with Crippen molar-refractivity contribution in [1.29, 1.82) is 0 Å². The van der Waals surface area contributed by atoms with E-state index in [4.69, 9.17) is 5.73 Å². The number of carbonyl (C=O) groups excluding carboxylic acids is 1. The first kappa shape index (κ1) is 11.9. The number of piperidine rings is 1. The summed E-state index contributed by atoms with van der Waals surface area (Å²) in [6, 6.07) is 6.95. The first-order chi connectivity index (χ1) is 8.08. The van der Waals surface area contributed by atoms with Crippen molar-refractivity contribution in [3.8, 4) is 0 Å². The molecule has 1 saturated heterocycles. The van der Waals surface area contributed by atoms with Crippen LogP contribution in [-0.2, 0) is 0 Å². The molecule has 0 aliphatic carbocycles. The van der Waals surface area contributed by atoms with Gasteiger partial charge in [-0.1, -0.05) is 6.92 Å². The van der Waals surface area contributed by atoms with E-state index >= 15 is 0 Å². The van der Waals surface area contributed by atoms with E-state index < -0.39 is 0 Å². The van der Waals surface area contributed by atoms with Crippen LogP contribution in [-0.4, -0.2) is 35.1 Å². The van der Waals surface area contributed by atoms with Crippen LogP contribution >= 0.6 is 0 Å². The van der Waals surface area contributed by atoms with Crippen LogP contribution in [0.5, 0.6) is 0 Å². The molecule has 0 bridgehead atoms. The van der Waals surface area contributed by atoms with Gasteiger partial charge in [-0.3, -0.25) is 4.79 Å². The second kappa shape index (κ2) is 4.75. The molecule has 1 amide bonds. The summed E-state index contributed by atoms with van der Waals surface area (Å²) in [4.78, 5) is 14.0. The number of nitrogen functional groups attached to an aromatic ring is 1. The van der Waals surface area contributed by atoms with Gasteiger partial charge in [-0.2, -0.15) is 0 Å². The Hall–Kier alpha value is -1.55. The molecule has 1 heterocycles. The van der Waals surface area contributed by atoms with Crippen molar-refractivity contribution in [2.24, 2.45) is 5.92 Å². The van der Waals surface area contributed by atoms with Crippen LogP contribution in [0.4, 0.5) is 5.69 Å². The molecular formula is C13H18N2O2. The Balaban J connectivity index is 2.08. The number of benzene rings is 1. The van der Waals surface area contributed by atoms with Crippen molar-refractivity contribution >= 4 is 11.6 Å². The van der Waals surface area contributed by atoms with Crippen molar-refractivity contribution in [2.75, 3.05) is 18.8 Å². The number of hydrogen-bond donors (Lipinski definition) is 2. The number of hydrogen-bond acceptors (Lipinski definition) is 3. The maximum atomic E-state index is 12.2. The molecular weight excluding hydrogens is 216 g/mol. The highest BCUT2D eigenvalue weighted by Crippen LogP contribution is 2.19. The van der Waals surface area contributed by atoms with Gasteiger partial charge < -0.3 is 15.7 Å². The lowest BCUT2D eigenvalue weighted by Crippen LogP contribution is -2.44. The Kier molecular flexibility index (Phi) is 3.33. The Bertz CT molecular complexity index is 402. The molecule has 4 nitrogen and oxygen atoms in total. The summed E-state index contributed by atoms with van der Waals surface area (Å²) in [6.45, 7) is 3.20. The van der Waals surface area contributed by atoms with E-state index in [0.29, 0.717) is 30.8 Å². The molecule has 92 valence electrons. The third kappa shape index (κ3) is 2.58. The molecule has 0 radical (unpaired) electrons. The number of amides is 1. The number of nitrogens with two attached hydrogens (primary N) is 1. The summed E-state index contributed by atoms with van der Waals surface area (Å²) in [7, 11) is 0. The molecule has 2 rings (SSSR count). The molecule has 17 heavy (non-hydrogen) atoms. The molecule has 2 atom stereocenters. The maximum Gasteiger partial charge on any atom is 0.253 e. The molecule has 1 aromatic rings. The molecule has 2 unspecified atom stereocenters. The van der Waals surface area contributed by atoms with Crippen LogP contribution in [0.25, 0.3) is 0 Å². The molecule has 1 aliphatic rings. The topological polar surface area (TPSA) is 66.6 Å². The highest BCUT2D eigenvalue weighted by atomic mass is 16.3. The molecule has 1 aliphatic heterocycles. The summed E-state index contributed by atoms with van der Waals surface area (Å²) in [5.41, 5.74) is 6.90. The van der Waals surface area contributed by atoms with Crippen LogP contribution in [0.1, 0.15) is 23.7 Å². The van der Waals surface area contributed by atoms with Gasteiger partial charge in [0.25, 0.3) is 5.91 Å². The van der Waals surface area contributed by atoms with Gasteiger partial charge >= 0.3 is 0 Å². The minimum absolute atomic E-state index is 0.0174. The van der Waals surface area contributed by atoms with Crippen LogP contribution in [0, 0.1) is 5.92 Å². The molecule has 0 aromatic heterocycles. The van der Waals surface area contributed by atoms with E-state index in [0.717, 1.165) is 0 Å². The fourth-order valence-corrected chi connectivity index (χ4v) is 2.13. The summed E-state index contributed by atoms with van der Waals surface area (Å²) in [5.74, 6) is 0.158. The lowest BCUT2D eigenvalue weighted by molar-refractivity contribution is 0.0297. The van der Waals surface area contributed by atoms with E-state index in [1.54, 1.807) is 29.2 Å². The first-order valence-corrected chi connectivity index (χ1v) is 5.91. The number of nitrogens with zero attached hydrogens (tertiary/aromatic N) is 1. The fourth-order valence-electron chi connectivity index (χ4n) is 2.13. The molecule has 3 N–H and O–H groups in total. The van der Waals surface area contributed by atoms with E-state index in [2.05, 4.69) is 0 Å². The van der Waals surface area contributed by atoms with E-state index in [1.807, 2.05) is 6.92 Å². The Morgan fingerprint density at radius 1 is 1.41 bits per heavy atom. The molecule has 0 saturated carbocycles. The van der Waals surface area contributed by atoms with E-state index in [1.165, 1.54) is 0 Å². The highest BCUT2D eigenvalue weighted by molar-refractivity contribution is 5.94. The van der Waals surface area contributed by atoms with Gasteiger partial charge in [-0.05, 0) is 36.6 Å². The van der Waals surface area contributed by atoms with Gasteiger partial charge in [0.1, 0.15) is 0 Å². The average molecular weight is 234 g/mol. The number of anilines is 1. The monoisotopic (exact) mass is 234 g/mol. The number of rotatable bonds is 1. The zero-order valence-electron chi connectivity index (χ0n) is 9.97. The van der Waals surface area contributed by atoms with Gasteiger partial charge in [-0.25, -0.2) is 0 Å². The predicted octanol–water partition coefficient (Wildman–Crippen LogP) is 1.11. The smallest absolute Gasteiger partial charge is 0.253 e. The summed E-state index contributed by atoms with van der Waals surface area (Å²) >= 11 is 0. The van der Waals surface area contributed by atoms with Crippen LogP contribution in [0.2, 0.25) is 0 Å². The highest BCUT2D eigenvalue weighted by Gasteiger charge is 2.27. The molecule has 1 aromatic carbocycles. The van der Waals surface area contributed by atoms with E-state index in [9.17, 15) is 9.90 Å². The predicted molar refractivity (Wildman–Crippen MR) is 66.5 cm³/mol. The maximum absolute atomic E-state index is 12.2. The van der Waals surface area contributed by atoms with Crippen molar-refractivity contribution in [1.82, 2.24) is 4.90 Å². The van der Waals surface area contributed by atoms with E-state index in [-0.39, 0.29) is 17.9 Å². The zero-order chi connectivity index (χ0) is 12.4. The second-order valence-electron chi connectivity index (χ2n) is 4.71. The van der Waals surface area contributed by atoms with Crippen molar-refractivity contribution in [3.05, 3.63) is 29.8 Å². The first-order valence-electron chi connectivity index (χ1n) is 5.91. The van der Waals surface area contributed by atoms with Crippen molar-refractivity contribution in [3.63, 3.8) is 0 Å². The van der Waals surface area contributed by atoms with Crippen molar-refractivity contribution < 1.29 is 9.90 Å². The Labute approximate surface area is 101 Å². The Morgan fingerprint density at radius 3 is 2.65 bits per heavy atom. The minimum atomic E-state index is -0.287. The van der Waals surface area contributed by atoms with Gasteiger partial charge in [-0.15, -0.1) is 0 Å². The third-order valence-corrected chi connectivity index (χ3v) is 3.30. The number of aliphatic hydroxyl groups excluding tert-OH is 1. The van der Waals surface area contributed by atoms with Crippen molar-refractivity contribution in [2.45, 2.75) is 19.4 Å². The summed E-state index contributed by atoms with van der Waals surface area (Å²) in [5, 5.41) is 9.63. The Morgan fingerprint density at radius 2 is 2.06 bits per heavy atom.